The van der Waals surface area contributed by atoms with E-state index in [2.05, 4.69) is 41.5 Å². The summed E-state index contributed by atoms with van der Waals surface area (Å²) in [6, 6.07) is 0. The molecule has 0 amide bonds. The standard InChI is InChI=1S/C82H160O17P2/c1-7-11-13-15-17-19-21-23-24-25-26-27-28-29-30-31-33-42-48-54-60-66-81(86)98-77(71-93-80(85)65-59-53-47-41-36-34-38-44-50-56-62-74(5)9-3)72-96-100(88,89)94-68-76(83)69-95-101(90,91)97-73-78(70-92-79(84)64-58-52-46-40-32-22-20-18-16-14-12-8-2)99-82(87)67-61-55-49-43-37-35-39-45-51-57-63-75(6)10-4/h74-78,83H,7-73H2,1-6H3,(H,88,89)(H,90,91)/t74?,75?,76-,77-,78-/m1/s1. The van der Waals surface area contributed by atoms with Gasteiger partial charge in [-0.15, -0.1) is 0 Å². The van der Waals surface area contributed by atoms with Gasteiger partial charge >= 0.3 is 39.5 Å². The third-order valence-corrected chi connectivity index (χ3v) is 21.8. The number of aliphatic hydroxyl groups excluding tert-OH is 1. The van der Waals surface area contributed by atoms with Crippen LogP contribution in [0.15, 0.2) is 0 Å². The van der Waals surface area contributed by atoms with Crippen molar-refractivity contribution in [2.45, 2.75) is 452 Å². The number of esters is 4. The van der Waals surface area contributed by atoms with E-state index in [1.807, 2.05) is 0 Å². The SMILES string of the molecule is CCCCCCCCCCCCCCCCCCCCCCCC(=O)O[C@H](COC(=O)CCCCCCCCCCCCC(C)CC)COP(=O)(O)OC[C@@H](O)COP(=O)(O)OC[C@@H](COC(=O)CCCCCCCCCCCCCC)OC(=O)CCCCCCCCCCCCC(C)CC. The largest absolute Gasteiger partial charge is 0.472 e. The lowest BCUT2D eigenvalue weighted by molar-refractivity contribution is -0.161. The average molecular weight is 1480 g/mol. The molecule has 0 aromatic carbocycles. The lowest BCUT2D eigenvalue weighted by atomic mass is 9.99. The Labute approximate surface area is 619 Å². The van der Waals surface area contributed by atoms with Crippen LogP contribution in [0.2, 0.25) is 0 Å². The molecule has 3 N–H and O–H groups in total. The molecule has 0 aliphatic heterocycles. The first kappa shape index (κ1) is 99.1. The Morgan fingerprint density at radius 1 is 0.277 bits per heavy atom. The van der Waals surface area contributed by atoms with E-state index in [0.29, 0.717) is 25.7 Å². The number of rotatable bonds is 81. The first-order chi connectivity index (χ1) is 48.9. The normalized spacial score (nSPS) is 14.4. The van der Waals surface area contributed by atoms with Gasteiger partial charge in [0, 0.05) is 25.7 Å². The maximum absolute atomic E-state index is 13.1. The van der Waals surface area contributed by atoms with Gasteiger partial charge in [0.15, 0.2) is 12.2 Å². The van der Waals surface area contributed by atoms with Crippen LogP contribution in [0, 0.1) is 11.8 Å². The Morgan fingerprint density at radius 2 is 0.475 bits per heavy atom. The molecule has 101 heavy (non-hydrogen) atoms. The summed E-state index contributed by atoms with van der Waals surface area (Å²) < 4.78 is 68.8. The molecule has 7 atom stereocenters. The van der Waals surface area contributed by atoms with E-state index >= 15 is 0 Å². The predicted octanol–water partition coefficient (Wildman–Crippen LogP) is 24.7. The van der Waals surface area contributed by atoms with Crippen molar-refractivity contribution in [3.63, 3.8) is 0 Å². The molecule has 0 heterocycles. The highest BCUT2D eigenvalue weighted by Crippen LogP contribution is 2.45. The maximum atomic E-state index is 13.1. The van der Waals surface area contributed by atoms with Crippen LogP contribution in [0.3, 0.4) is 0 Å². The quantitative estimate of drug-likeness (QED) is 0.0222. The molecule has 0 aromatic rings. The molecule has 600 valence electrons. The zero-order valence-corrected chi connectivity index (χ0v) is 68.0. The second-order valence-corrected chi connectivity index (χ2v) is 32.9. The lowest BCUT2D eigenvalue weighted by Gasteiger charge is -2.21. The van der Waals surface area contributed by atoms with E-state index < -0.39 is 97.5 Å². The molecule has 0 saturated carbocycles. The second kappa shape index (κ2) is 73.6. The van der Waals surface area contributed by atoms with Crippen LogP contribution in [-0.4, -0.2) is 96.7 Å². The molecule has 0 radical (unpaired) electrons. The first-order valence-corrected chi connectivity index (χ1v) is 45.6. The summed E-state index contributed by atoms with van der Waals surface area (Å²) >= 11 is 0. The van der Waals surface area contributed by atoms with Crippen LogP contribution in [0.25, 0.3) is 0 Å². The number of aliphatic hydroxyl groups is 1. The fraction of sp³-hybridized carbons (Fsp3) is 0.951. The van der Waals surface area contributed by atoms with Crippen LogP contribution in [0.5, 0.6) is 0 Å². The summed E-state index contributed by atoms with van der Waals surface area (Å²) in [5.74, 6) is -0.495. The summed E-state index contributed by atoms with van der Waals surface area (Å²) in [5, 5.41) is 10.7. The summed E-state index contributed by atoms with van der Waals surface area (Å²) in [4.78, 5) is 73.1. The smallest absolute Gasteiger partial charge is 0.462 e. The van der Waals surface area contributed by atoms with Crippen LogP contribution in [0.1, 0.15) is 433 Å². The molecule has 0 aliphatic rings. The van der Waals surface area contributed by atoms with Gasteiger partial charge in [0.1, 0.15) is 19.3 Å². The van der Waals surface area contributed by atoms with Gasteiger partial charge in [-0.05, 0) is 37.5 Å². The Bertz CT molecular complexity index is 1950. The van der Waals surface area contributed by atoms with Gasteiger partial charge in [-0.2, -0.15) is 0 Å². The highest BCUT2D eigenvalue weighted by Gasteiger charge is 2.30. The highest BCUT2D eigenvalue weighted by molar-refractivity contribution is 7.47. The average Bonchev–Trinajstić information content (AvgIpc) is 0.954. The Balaban J connectivity index is 5.24. The van der Waals surface area contributed by atoms with Gasteiger partial charge in [-0.25, -0.2) is 9.13 Å². The third-order valence-electron chi connectivity index (χ3n) is 19.9. The van der Waals surface area contributed by atoms with E-state index in [0.717, 1.165) is 102 Å². The van der Waals surface area contributed by atoms with Crippen molar-refractivity contribution in [2.75, 3.05) is 39.6 Å². The number of hydrogen-bond donors (Lipinski definition) is 3. The molecule has 19 heteroatoms. The van der Waals surface area contributed by atoms with E-state index in [4.69, 9.17) is 37.0 Å². The molecule has 17 nitrogen and oxygen atoms in total. The first-order valence-electron chi connectivity index (χ1n) is 42.6. The zero-order chi connectivity index (χ0) is 74.2. The number of carbonyl (C=O) groups excluding carboxylic acids is 4. The number of phosphoric ester groups is 2. The van der Waals surface area contributed by atoms with Crippen LogP contribution >= 0.6 is 15.6 Å². The van der Waals surface area contributed by atoms with Crippen molar-refractivity contribution in [1.29, 1.82) is 0 Å². The topological polar surface area (TPSA) is 237 Å². The van der Waals surface area contributed by atoms with Gasteiger partial charge in [-0.1, -0.05) is 382 Å². The fourth-order valence-corrected chi connectivity index (χ4v) is 14.2. The monoisotopic (exact) mass is 1480 g/mol. The molecule has 0 spiro atoms. The molecule has 0 aromatic heterocycles. The van der Waals surface area contributed by atoms with Gasteiger partial charge in [0.05, 0.1) is 26.4 Å². The third kappa shape index (κ3) is 73.4. The number of carbonyl (C=O) groups is 4. The van der Waals surface area contributed by atoms with Crippen molar-refractivity contribution in [2.24, 2.45) is 11.8 Å². The summed E-state index contributed by atoms with van der Waals surface area (Å²) in [7, 11) is -9.92. The number of phosphoric acid groups is 2. The minimum absolute atomic E-state index is 0.107. The zero-order valence-electron chi connectivity index (χ0n) is 66.2. The highest BCUT2D eigenvalue weighted by atomic mass is 31.2. The van der Waals surface area contributed by atoms with Crippen molar-refractivity contribution in [3.05, 3.63) is 0 Å². The van der Waals surface area contributed by atoms with Crippen molar-refractivity contribution < 1.29 is 80.2 Å². The molecule has 0 aliphatic carbocycles. The predicted molar refractivity (Wildman–Crippen MR) is 414 cm³/mol. The maximum Gasteiger partial charge on any atom is 0.472 e. The minimum atomic E-state index is -4.96. The number of hydrogen-bond acceptors (Lipinski definition) is 15. The van der Waals surface area contributed by atoms with Crippen LogP contribution in [0.4, 0.5) is 0 Å². The molecular weight excluding hydrogens is 1320 g/mol. The van der Waals surface area contributed by atoms with Crippen molar-refractivity contribution in [3.8, 4) is 0 Å². The van der Waals surface area contributed by atoms with Gasteiger partial charge in [0.25, 0.3) is 0 Å². The Hall–Kier alpha value is -1.94. The molecule has 0 saturated heterocycles. The van der Waals surface area contributed by atoms with Crippen LogP contribution < -0.4 is 0 Å². The van der Waals surface area contributed by atoms with Gasteiger partial charge in [-0.3, -0.25) is 37.3 Å². The Morgan fingerprint density at radius 3 is 0.703 bits per heavy atom. The van der Waals surface area contributed by atoms with E-state index in [-0.39, 0.29) is 25.7 Å². The van der Waals surface area contributed by atoms with Crippen molar-refractivity contribution >= 4 is 39.5 Å². The van der Waals surface area contributed by atoms with Gasteiger partial charge < -0.3 is 33.8 Å². The van der Waals surface area contributed by atoms with Crippen molar-refractivity contribution in [1.82, 2.24) is 0 Å². The molecule has 0 rings (SSSR count). The molecular formula is C82H160O17P2. The van der Waals surface area contributed by atoms with E-state index in [1.54, 1.807) is 0 Å². The number of ether oxygens (including phenoxy) is 4. The Kier molecular flexibility index (Phi) is 72.2. The summed E-state index contributed by atoms with van der Waals surface area (Å²) in [5.41, 5.74) is 0. The van der Waals surface area contributed by atoms with Gasteiger partial charge in [0.2, 0.25) is 0 Å². The van der Waals surface area contributed by atoms with E-state index in [1.165, 1.54) is 250 Å². The van der Waals surface area contributed by atoms with E-state index in [9.17, 15) is 43.2 Å². The minimum Gasteiger partial charge on any atom is -0.462 e. The summed E-state index contributed by atoms with van der Waals surface area (Å²) in [6.45, 7) is 9.69. The fourth-order valence-electron chi connectivity index (χ4n) is 12.6. The second-order valence-electron chi connectivity index (χ2n) is 30.0. The summed E-state index contributed by atoms with van der Waals surface area (Å²) in [6.07, 6.45) is 63.7. The molecule has 0 bridgehead atoms. The molecule has 4 unspecified atom stereocenters. The molecule has 0 fully saturated rings. The van der Waals surface area contributed by atoms with Crippen LogP contribution in [-0.2, 0) is 65.4 Å². The lowest BCUT2D eigenvalue weighted by Crippen LogP contribution is -2.30. The number of unbranched alkanes of at least 4 members (excludes halogenated alkanes) is 49.